The number of hydrogen-bond donors (Lipinski definition) is 0. The van der Waals surface area contributed by atoms with Gasteiger partial charge in [-0.25, -0.2) is 0 Å². The lowest BCUT2D eigenvalue weighted by atomic mass is 9.81. The van der Waals surface area contributed by atoms with E-state index in [9.17, 15) is 0 Å². The van der Waals surface area contributed by atoms with Gasteiger partial charge in [0.15, 0.2) is 0 Å². The molecule has 12 heavy (non-hydrogen) atoms. The van der Waals surface area contributed by atoms with E-state index >= 15 is 0 Å². The average molecular weight is 168 g/mol. The van der Waals surface area contributed by atoms with Crippen molar-refractivity contribution < 1.29 is 4.74 Å². The maximum absolute atomic E-state index is 5.83. The monoisotopic (exact) mass is 168 g/mol. The molecule has 1 unspecified atom stereocenters. The Morgan fingerprint density at radius 2 is 1.83 bits per heavy atom. The van der Waals surface area contributed by atoms with E-state index in [-0.39, 0.29) is 5.60 Å². The minimum atomic E-state index is 0.00424. The van der Waals surface area contributed by atoms with Gasteiger partial charge in [-0.3, -0.25) is 0 Å². The molecule has 0 saturated carbocycles. The van der Waals surface area contributed by atoms with Crippen LogP contribution in [0.1, 0.15) is 40.5 Å². The normalized spacial score (nSPS) is 35.7. The van der Waals surface area contributed by atoms with Crippen LogP contribution in [0.2, 0.25) is 0 Å². The first-order valence-corrected chi connectivity index (χ1v) is 4.75. The highest BCUT2D eigenvalue weighted by Crippen LogP contribution is 2.35. The van der Waals surface area contributed by atoms with Gasteiger partial charge in [-0.1, -0.05) is 26.0 Å². The van der Waals surface area contributed by atoms with E-state index < -0.39 is 0 Å². The zero-order valence-corrected chi connectivity index (χ0v) is 8.68. The molecule has 0 amide bonds. The third-order valence-corrected chi connectivity index (χ3v) is 2.61. The Morgan fingerprint density at radius 1 is 1.17 bits per heavy atom. The summed E-state index contributed by atoms with van der Waals surface area (Å²) in [7, 11) is 0. The van der Waals surface area contributed by atoms with E-state index in [1.807, 2.05) is 6.92 Å². The summed E-state index contributed by atoms with van der Waals surface area (Å²) in [6.45, 7) is 9.63. The van der Waals surface area contributed by atoms with Crippen molar-refractivity contribution in [3.63, 3.8) is 0 Å². The Balaban J connectivity index is 2.55. The molecule has 0 spiro atoms. The molecular weight excluding hydrogens is 148 g/mol. The second-order valence-electron chi connectivity index (χ2n) is 4.77. The largest absolute Gasteiger partial charge is 0.371 e. The number of rotatable bonds is 1. The fraction of sp³-hybridized carbons (Fsp3) is 0.818. The Hall–Kier alpha value is -0.300. The summed E-state index contributed by atoms with van der Waals surface area (Å²) >= 11 is 0. The summed E-state index contributed by atoms with van der Waals surface area (Å²) < 4.78 is 5.83. The van der Waals surface area contributed by atoms with E-state index in [0.29, 0.717) is 5.41 Å². The van der Waals surface area contributed by atoms with Gasteiger partial charge in [0.05, 0.1) is 12.2 Å². The Morgan fingerprint density at radius 3 is 2.25 bits per heavy atom. The predicted molar refractivity (Wildman–Crippen MR) is 52.2 cm³/mol. The number of allylic oxidation sites excluding steroid dienone is 1. The number of hydrogen-bond acceptors (Lipinski definition) is 1. The lowest BCUT2D eigenvalue weighted by Gasteiger charge is -2.39. The molecule has 1 aliphatic heterocycles. The molecule has 1 heteroatoms. The average Bonchev–Trinajstić information content (AvgIpc) is 1.98. The van der Waals surface area contributed by atoms with Gasteiger partial charge >= 0.3 is 0 Å². The topological polar surface area (TPSA) is 9.23 Å². The van der Waals surface area contributed by atoms with Crippen molar-refractivity contribution in [3.8, 4) is 0 Å². The Bertz CT molecular complexity index is 169. The molecular formula is C11H20O. The minimum absolute atomic E-state index is 0.00424. The highest BCUT2D eigenvalue weighted by Gasteiger charge is 2.33. The molecule has 0 aromatic rings. The highest BCUT2D eigenvalue weighted by atomic mass is 16.5. The van der Waals surface area contributed by atoms with E-state index in [1.165, 1.54) is 6.42 Å². The van der Waals surface area contributed by atoms with Crippen LogP contribution in [0.5, 0.6) is 0 Å². The zero-order valence-electron chi connectivity index (χ0n) is 8.68. The van der Waals surface area contributed by atoms with Crippen LogP contribution in [-0.2, 0) is 4.74 Å². The molecule has 0 aromatic heterocycles. The van der Waals surface area contributed by atoms with Crippen molar-refractivity contribution >= 4 is 0 Å². The molecule has 0 aromatic carbocycles. The Kier molecular flexibility index (Phi) is 2.62. The first-order valence-electron chi connectivity index (χ1n) is 4.75. The second kappa shape index (κ2) is 3.21. The lowest BCUT2D eigenvalue weighted by Crippen LogP contribution is -2.38. The maximum atomic E-state index is 5.83. The van der Waals surface area contributed by atoms with Crippen molar-refractivity contribution in [1.82, 2.24) is 0 Å². The molecule has 1 saturated heterocycles. The standard InChI is InChI=1S/C11H20O/c1-5-6-11(4)8-7-10(2,3)9-12-11/h5-6H,7-9H2,1-4H3. The highest BCUT2D eigenvalue weighted by molar-refractivity contribution is 5.01. The molecule has 0 aliphatic carbocycles. The van der Waals surface area contributed by atoms with Crippen LogP contribution in [0, 0.1) is 5.41 Å². The molecule has 0 radical (unpaired) electrons. The molecule has 0 N–H and O–H groups in total. The van der Waals surface area contributed by atoms with Crippen LogP contribution in [-0.4, -0.2) is 12.2 Å². The molecule has 1 fully saturated rings. The van der Waals surface area contributed by atoms with Gasteiger partial charge < -0.3 is 4.74 Å². The third kappa shape index (κ3) is 2.34. The molecule has 70 valence electrons. The van der Waals surface area contributed by atoms with Crippen LogP contribution in [0.4, 0.5) is 0 Å². The van der Waals surface area contributed by atoms with E-state index in [4.69, 9.17) is 4.74 Å². The fourth-order valence-corrected chi connectivity index (χ4v) is 1.58. The SMILES string of the molecule is CC=CC1(C)CCC(C)(C)CO1. The Labute approximate surface area is 75.8 Å². The molecule has 1 aliphatic rings. The summed E-state index contributed by atoms with van der Waals surface area (Å²) in [5.74, 6) is 0. The van der Waals surface area contributed by atoms with Gasteiger partial charge in [0.1, 0.15) is 0 Å². The van der Waals surface area contributed by atoms with Crippen LogP contribution in [0.25, 0.3) is 0 Å². The minimum Gasteiger partial charge on any atom is -0.371 e. The quantitative estimate of drug-likeness (QED) is 0.546. The van der Waals surface area contributed by atoms with E-state index in [0.717, 1.165) is 13.0 Å². The van der Waals surface area contributed by atoms with Gasteiger partial charge in [-0.2, -0.15) is 0 Å². The molecule has 0 bridgehead atoms. The van der Waals surface area contributed by atoms with Gasteiger partial charge in [-0.05, 0) is 32.1 Å². The number of ether oxygens (including phenoxy) is 1. The van der Waals surface area contributed by atoms with Gasteiger partial charge in [-0.15, -0.1) is 0 Å². The van der Waals surface area contributed by atoms with Crippen molar-refractivity contribution in [2.24, 2.45) is 5.41 Å². The fourth-order valence-electron chi connectivity index (χ4n) is 1.58. The summed E-state index contributed by atoms with van der Waals surface area (Å²) in [6.07, 6.45) is 6.65. The van der Waals surface area contributed by atoms with Crippen LogP contribution in [0.15, 0.2) is 12.2 Å². The first kappa shape index (κ1) is 9.79. The summed E-state index contributed by atoms with van der Waals surface area (Å²) in [5.41, 5.74) is 0.380. The zero-order chi connectivity index (χ0) is 9.24. The predicted octanol–water partition coefficient (Wildman–Crippen LogP) is 3.16. The van der Waals surface area contributed by atoms with Crippen LogP contribution < -0.4 is 0 Å². The second-order valence-corrected chi connectivity index (χ2v) is 4.77. The molecule has 1 rings (SSSR count). The molecule has 1 heterocycles. The van der Waals surface area contributed by atoms with Crippen molar-refractivity contribution in [2.75, 3.05) is 6.61 Å². The first-order chi connectivity index (χ1) is 5.47. The van der Waals surface area contributed by atoms with E-state index in [2.05, 4.69) is 32.9 Å². The van der Waals surface area contributed by atoms with E-state index in [1.54, 1.807) is 0 Å². The van der Waals surface area contributed by atoms with Crippen molar-refractivity contribution in [1.29, 1.82) is 0 Å². The summed E-state index contributed by atoms with van der Waals surface area (Å²) in [4.78, 5) is 0. The van der Waals surface area contributed by atoms with Crippen molar-refractivity contribution in [3.05, 3.63) is 12.2 Å². The van der Waals surface area contributed by atoms with Gasteiger partial charge in [0.25, 0.3) is 0 Å². The maximum Gasteiger partial charge on any atom is 0.0834 e. The summed E-state index contributed by atoms with van der Waals surface area (Å²) in [5, 5.41) is 0. The summed E-state index contributed by atoms with van der Waals surface area (Å²) in [6, 6.07) is 0. The van der Waals surface area contributed by atoms with Crippen molar-refractivity contribution in [2.45, 2.75) is 46.1 Å². The lowest BCUT2D eigenvalue weighted by molar-refractivity contribution is -0.0848. The van der Waals surface area contributed by atoms with Crippen LogP contribution >= 0.6 is 0 Å². The smallest absolute Gasteiger partial charge is 0.0834 e. The van der Waals surface area contributed by atoms with Gasteiger partial charge in [0.2, 0.25) is 0 Å². The van der Waals surface area contributed by atoms with Crippen LogP contribution in [0.3, 0.4) is 0 Å². The molecule has 1 atom stereocenters. The third-order valence-electron chi connectivity index (χ3n) is 2.61. The van der Waals surface area contributed by atoms with Gasteiger partial charge in [0, 0.05) is 0 Å². The molecule has 1 nitrogen and oxygen atoms in total.